The number of aromatic nitrogens is 4. The van der Waals surface area contributed by atoms with Crippen LogP contribution in [0.3, 0.4) is 0 Å². The van der Waals surface area contributed by atoms with Crippen LogP contribution in [0.25, 0.3) is 11.2 Å². The van der Waals surface area contributed by atoms with Crippen LogP contribution in [0.15, 0.2) is 11.1 Å². The van der Waals surface area contributed by atoms with Crippen molar-refractivity contribution in [3.8, 4) is 6.01 Å². The number of hydrogen-bond donors (Lipinski definition) is 1. The fraction of sp³-hybridized carbons (Fsp3) is 0.500. The average Bonchev–Trinajstić information content (AvgIpc) is 2.71. The van der Waals surface area contributed by atoms with Gasteiger partial charge in [-0.1, -0.05) is 6.92 Å². The maximum atomic E-state index is 12.2. The molecular weight excluding hydrogens is 335 g/mol. The minimum atomic E-state index is -0.138. The van der Waals surface area contributed by atoms with Crippen LogP contribution in [0, 0.1) is 0 Å². The highest BCUT2D eigenvalue weighted by Crippen LogP contribution is 2.14. The number of nitrogens with zero attached hydrogens (tertiary/aromatic N) is 3. The first kappa shape index (κ1) is 12.3. The Morgan fingerprint density at radius 2 is 2.41 bits per heavy atom. The van der Waals surface area contributed by atoms with E-state index in [0.29, 0.717) is 23.7 Å². The van der Waals surface area contributed by atoms with Crippen molar-refractivity contribution in [1.29, 1.82) is 0 Å². The predicted octanol–water partition coefficient (Wildman–Crippen LogP) is 1.69. The van der Waals surface area contributed by atoms with E-state index < -0.39 is 0 Å². The molecule has 0 saturated carbocycles. The second kappa shape index (κ2) is 5.03. The molecule has 2 heterocycles. The largest absolute Gasteiger partial charge is 0.451 e. The molecule has 17 heavy (non-hydrogen) atoms. The van der Waals surface area contributed by atoms with Crippen LogP contribution in [0.5, 0.6) is 6.01 Å². The van der Waals surface area contributed by atoms with E-state index in [1.165, 1.54) is 10.9 Å². The van der Waals surface area contributed by atoms with E-state index in [0.717, 1.165) is 6.42 Å². The number of imidazole rings is 1. The van der Waals surface area contributed by atoms with E-state index in [1.807, 2.05) is 13.8 Å². The molecule has 0 aromatic carbocycles. The van der Waals surface area contributed by atoms with E-state index in [1.54, 1.807) is 0 Å². The van der Waals surface area contributed by atoms with Gasteiger partial charge in [-0.2, -0.15) is 4.98 Å². The van der Waals surface area contributed by atoms with Crippen LogP contribution in [0.4, 0.5) is 0 Å². The topological polar surface area (TPSA) is 72.8 Å². The molecule has 2 aromatic rings. The van der Waals surface area contributed by atoms with Crippen LogP contribution in [-0.4, -0.2) is 23.6 Å². The zero-order valence-electron chi connectivity index (χ0n) is 9.61. The molecule has 7 heteroatoms. The molecular formula is C10H13IN4O2. The Hall–Kier alpha value is -1.12. The monoisotopic (exact) mass is 348 g/mol. The van der Waals surface area contributed by atoms with Crippen molar-refractivity contribution in [3.63, 3.8) is 0 Å². The summed E-state index contributed by atoms with van der Waals surface area (Å²) in [5.41, 5.74) is 0.683. The average molecular weight is 348 g/mol. The van der Waals surface area contributed by atoms with E-state index in [-0.39, 0.29) is 9.67 Å². The molecule has 0 radical (unpaired) electrons. The summed E-state index contributed by atoms with van der Waals surface area (Å²) in [6, 6.07) is 0.332. The van der Waals surface area contributed by atoms with Crippen molar-refractivity contribution in [2.24, 2.45) is 0 Å². The summed E-state index contributed by atoms with van der Waals surface area (Å²) < 4.78 is 7.02. The van der Waals surface area contributed by atoms with Gasteiger partial charge in [0.1, 0.15) is 4.11 Å². The number of ether oxygens (including phenoxy) is 1. The molecule has 0 amide bonds. The standard InChI is InChI=1S/C10H13IN4O2/c1-3-4-15-9(16)7-8(13-5-12-7)14-10(15)17-6(2)11/h5-6H,3-4H2,1-2H3,(H,12,13). The second-order valence-corrected chi connectivity index (χ2v) is 5.37. The fourth-order valence-electron chi connectivity index (χ4n) is 1.56. The Morgan fingerprint density at radius 1 is 1.65 bits per heavy atom. The lowest BCUT2D eigenvalue weighted by Gasteiger charge is -2.13. The number of aromatic amines is 1. The third kappa shape index (κ3) is 2.43. The number of H-pyrrole nitrogens is 1. The summed E-state index contributed by atoms with van der Waals surface area (Å²) >= 11 is 2.12. The molecule has 0 aliphatic rings. The molecule has 0 fully saturated rings. The zero-order valence-corrected chi connectivity index (χ0v) is 11.8. The summed E-state index contributed by atoms with van der Waals surface area (Å²) in [5.74, 6) is 0. The highest BCUT2D eigenvalue weighted by atomic mass is 127. The third-order valence-corrected chi connectivity index (χ3v) is 2.48. The van der Waals surface area contributed by atoms with Gasteiger partial charge >= 0.3 is 6.01 Å². The molecule has 0 aliphatic carbocycles. The Labute approximate surface area is 112 Å². The predicted molar refractivity (Wildman–Crippen MR) is 72.5 cm³/mol. The van der Waals surface area contributed by atoms with Gasteiger partial charge in [0.15, 0.2) is 11.2 Å². The maximum absolute atomic E-state index is 12.2. The van der Waals surface area contributed by atoms with Crippen LogP contribution in [0.2, 0.25) is 0 Å². The molecule has 6 nitrogen and oxygen atoms in total. The SMILES string of the molecule is CCCn1c(OC(C)I)nc2nc[nH]c2c1=O. The van der Waals surface area contributed by atoms with E-state index in [4.69, 9.17) is 4.74 Å². The normalized spacial score (nSPS) is 12.9. The number of alkyl halides is 1. The lowest BCUT2D eigenvalue weighted by Crippen LogP contribution is -2.24. The summed E-state index contributed by atoms with van der Waals surface area (Å²) in [6.45, 7) is 4.47. The van der Waals surface area contributed by atoms with Crippen molar-refractivity contribution in [3.05, 3.63) is 16.7 Å². The molecule has 1 atom stereocenters. The lowest BCUT2D eigenvalue weighted by atomic mass is 10.4. The molecule has 1 N–H and O–H groups in total. The minimum absolute atomic E-state index is 0.0565. The second-order valence-electron chi connectivity index (χ2n) is 3.61. The van der Waals surface area contributed by atoms with Crippen molar-refractivity contribution >= 4 is 33.8 Å². The minimum Gasteiger partial charge on any atom is -0.451 e. The highest BCUT2D eigenvalue weighted by Gasteiger charge is 2.14. The Kier molecular flexibility index (Phi) is 3.65. The maximum Gasteiger partial charge on any atom is 0.302 e. The Morgan fingerprint density at radius 3 is 3.06 bits per heavy atom. The molecule has 0 saturated heterocycles. The molecule has 1 unspecified atom stereocenters. The van der Waals surface area contributed by atoms with Gasteiger partial charge in [-0.3, -0.25) is 9.36 Å². The number of hydrogen-bond acceptors (Lipinski definition) is 4. The summed E-state index contributed by atoms with van der Waals surface area (Å²) in [7, 11) is 0. The van der Waals surface area contributed by atoms with Gasteiger partial charge in [-0.05, 0) is 35.9 Å². The van der Waals surface area contributed by atoms with Gasteiger partial charge in [-0.25, -0.2) is 4.98 Å². The van der Waals surface area contributed by atoms with Gasteiger partial charge in [-0.15, -0.1) is 0 Å². The number of fused-ring (bicyclic) bond motifs is 1. The highest BCUT2D eigenvalue weighted by molar-refractivity contribution is 14.1. The van der Waals surface area contributed by atoms with Gasteiger partial charge in [0.05, 0.1) is 6.33 Å². The van der Waals surface area contributed by atoms with Crippen molar-refractivity contribution < 1.29 is 4.74 Å². The molecule has 2 rings (SSSR count). The van der Waals surface area contributed by atoms with Crippen LogP contribution in [0.1, 0.15) is 20.3 Å². The smallest absolute Gasteiger partial charge is 0.302 e. The van der Waals surface area contributed by atoms with Crippen LogP contribution in [-0.2, 0) is 6.54 Å². The lowest BCUT2D eigenvalue weighted by molar-refractivity contribution is 0.275. The van der Waals surface area contributed by atoms with E-state index in [2.05, 4.69) is 37.5 Å². The fourth-order valence-corrected chi connectivity index (χ4v) is 1.79. The molecule has 92 valence electrons. The molecule has 0 aliphatic heterocycles. The third-order valence-electron chi connectivity index (χ3n) is 2.23. The summed E-state index contributed by atoms with van der Waals surface area (Å²) in [5, 5.41) is 0. The number of halogens is 1. The number of rotatable bonds is 4. The van der Waals surface area contributed by atoms with Gasteiger partial charge in [0.2, 0.25) is 0 Å². The number of nitrogens with one attached hydrogen (secondary N) is 1. The van der Waals surface area contributed by atoms with E-state index >= 15 is 0 Å². The summed E-state index contributed by atoms with van der Waals surface area (Å²) in [6.07, 6.45) is 2.31. The zero-order chi connectivity index (χ0) is 12.4. The Bertz CT molecular complexity index is 575. The van der Waals surface area contributed by atoms with E-state index in [9.17, 15) is 4.79 Å². The van der Waals surface area contributed by atoms with Crippen molar-refractivity contribution in [1.82, 2.24) is 19.5 Å². The summed E-state index contributed by atoms with van der Waals surface area (Å²) in [4.78, 5) is 23.2. The van der Waals surface area contributed by atoms with Crippen molar-refractivity contribution in [2.45, 2.75) is 30.9 Å². The van der Waals surface area contributed by atoms with Gasteiger partial charge in [0.25, 0.3) is 5.56 Å². The first-order chi connectivity index (χ1) is 8.13. The van der Waals surface area contributed by atoms with Gasteiger partial charge in [0, 0.05) is 6.54 Å². The quantitative estimate of drug-likeness (QED) is 0.674. The molecule has 0 spiro atoms. The molecule has 0 bridgehead atoms. The van der Waals surface area contributed by atoms with Crippen molar-refractivity contribution in [2.75, 3.05) is 0 Å². The Balaban J connectivity index is 2.61. The van der Waals surface area contributed by atoms with Gasteiger partial charge < -0.3 is 9.72 Å². The first-order valence-corrected chi connectivity index (χ1v) is 6.62. The molecule has 2 aromatic heterocycles. The van der Waals surface area contributed by atoms with Crippen LogP contribution >= 0.6 is 22.6 Å². The van der Waals surface area contributed by atoms with Crippen LogP contribution < -0.4 is 10.3 Å². The first-order valence-electron chi connectivity index (χ1n) is 5.38.